The Morgan fingerprint density at radius 3 is 2.67 bits per heavy atom. The predicted molar refractivity (Wildman–Crippen MR) is 154 cm³/mol. The van der Waals surface area contributed by atoms with E-state index in [0.717, 1.165) is 36.3 Å². The monoisotopic (exact) mass is 563 g/mol. The lowest BCUT2D eigenvalue weighted by molar-refractivity contribution is -0.139. The van der Waals surface area contributed by atoms with Crippen molar-refractivity contribution in [3.05, 3.63) is 76.3 Å². The molecule has 2 aromatic rings. The Kier molecular flexibility index (Phi) is 8.76. The van der Waals surface area contributed by atoms with Gasteiger partial charge < -0.3 is 29.2 Å². The highest BCUT2D eigenvalue weighted by molar-refractivity contribution is 8.16. The number of nitrogens with one attached hydrogen (secondary N) is 1. The molecule has 3 aliphatic rings. The number of nitrogens with zero attached hydrogens (tertiary/aromatic N) is 2. The van der Waals surface area contributed by atoms with Crippen LogP contribution in [0, 0.1) is 0 Å². The zero-order valence-electron chi connectivity index (χ0n) is 22.8. The lowest BCUT2D eigenvalue weighted by Crippen LogP contribution is -2.39. The normalized spacial score (nSPS) is 20.0. The molecule has 1 fully saturated rings. The molecular weight excluding hydrogens is 530 g/mol. The molecule has 0 bridgehead atoms. The van der Waals surface area contributed by atoms with Crippen LogP contribution in [0.2, 0.25) is 0 Å². The van der Waals surface area contributed by atoms with Gasteiger partial charge in [-0.3, -0.25) is 4.79 Å². The standard InChI is InChI=1S/C30H33N3O6S/c1-4-38-29(35)26-27(19-9-6-5-7-10-19)32-30-33(28(26)23-13-12-21(36-2)16-24(23)37-3)20(18-40-30)15-25(34)31-17-22-11-8-14-39-22/h5-7,9-10,12-13,16,18,22,28H,4,8,11,14-15,17H2,1-3H3,(H,31,34)/t22-,28-/m1/s1. The highest BCUT2D eigenvalue weighted by atomic mass is 32.2. The molecule has 210 valence electrons. The van der Waals surface area contributed by atoms with Crippen LogP contribution in [0.1, 0.15) is 43.4 Å². The van der Waals surface area contributed by atoms with E-state index in [1.165, 1.54) is 11.8 Å². The number of thioether (sulfide) groups is 1. The summed E-state index contributed by atoms with van der Waals surface area (Å²) in [5.41, 5.74) is 3.14. The summed E-state index contributed by atoms with van der Waals surface area (Å²) in [4.78, 5) is 33.6. The maximum absolute atomic E-state index is 13.7. The van der Waals surface area contributed by atoms with Crippen LogP contribution in [0.4, 0.5) is 0 Å². The van der Waals surface area contributed by atoms with Crippen molar-refractivity contribution in [1.29, 1.82) is 0 Å². The van der Waals surface area contributed by atoms with Crippen molar-refractivity contribution in [2.75, 3.05) is 34.0 Å². The van der Waals surface area contributed by atoms with Gasteiger partial charge >= 0.3 is 5.97 Å². The fourth-order valence-corrected chi connectivity index (χ4v) is 6.01. The van der Waals surface area contributed by atoms with E-state index in [4.69, 9.17) is 23.9 Å². The van der Waals surface area contributed by atoms with Crippen molar-refractivity contribution < 1.29 is 28.5 Å². The summed E-state index contributed by atoms with van der Waals surface area (Å²) in [5.74, 6) is 0.555. The second kappa shape index (κ2) is 12.6. The van der Waals surface area contributed by atoms with Gasteiger partial charge in [-0.25, -0.2) is 9.79 Å². The second-order valence-corrected chi connectivity index (χ2v) is 10.3. The molecule has 1 amide bonds. The van der Waals surface area contributed by atoms with E-state index < -0.39 is 12.0 Å². The topological polar surface area (TPSA) is 98.7 Å². The SMILES string of the molecule is CCOC(=O)C1=C(c2ccccc2)N=C2SC=C(CC(=O)NC[C@H]3CCCO3)N2[C@@H]1c1ccc(OC)cc1OC. The van der Waals surface area contributed by atoms with Gasteiger partial charge in [-0.05, 0) is 37.3 Å². The number of fused-ring (bicyclic) bond motifs is 1. The lowest BCUT2D eigenvalue weighted by Gasteiger charge is -2.37. The van der Waals surface area contributed by atoms with Gasteiger partial charge in [0.2, 0.25) is 5.91 Å². The second-order valence-electron chi connectivity index (χ2n) is 9.47. The average Bonchev–Trinajstić information content (AvgIpc) is 3.65. The number of esters is 1. The third-order valence-corrected chi connectivity index (χ3v) is 7.87. The van der Waals surface area contributed by atoms with Crippen molar-refractivity contribution in [3.63, 3.8) is 0 Å². The minimum absolute atomic E-state index is 0.0473. The summed E-state index contributed by atoms with van der Waals surface area (Å²) in [6.45, 7) is 3.18. The summed E-state index contributed by atoms with van der Waals surface area (Å²) < 4.78 is 22.5. The van der Waals surface area contributed by atoms with Gasteiger partial charge in [-0.15, -0.1) is 0 Å². The third-order valence-electron chi connectivity index (χ3n) is 6.98. The number of carbonyl (C=O) groups is 2. The van der Waals surface area contributed by atoms with Crippen LogP contribution in [0.25, 0.3) is 5.70 Å². The van der Waals surface area contributed by atoms with Crippen LogP contribution in [0.3, 0.4) is 0 Å². The first-order chi connectivity index (χ1) is 19.5. The zero-order chi connectivity index (χ0) is 28.1. The van der Waals surface area contributed by atoms with Gasteiger partial charge in [-0.1, -0.05) is 42.1 Å². The van der Waals surface area contributed by atoms with Gasteiger partial charge in [0.25, 0.3) is 0 Å². The Labute approximate surface area is 238 Å². The molecule has 0 aromatic heterocycles. The summed E-state index contributed by atoms with van der Waals surface area (Å²) in [6.07, 6.45) is 2.11. The number of hydrogen-bond donors (Lipinski definition) is 1. The number of methoxy groups -OCH3 is 2. The minimum atomic E-state index is -0.658. The smallest absolute Gasteiger partial charge is 0.338 e. The molecule has 2 atom stereocenters. The van der Waals surface area contributed by atoms with Crippen molar-refractivity contribution in [2.24, 2.45) is 4.99 Å². The number of carbonyl (C=O) groups excluding carboxylic acids is 2. The van der Waals surface area contributed by atoms with Gasteiger partial charge in [-0.2, -0.15) is 0 Å². The van der Waals surface area contributed by atoms with Crippen LogP contribution in [-0.4, -0.2) is 62.0 Å². The maximum atomic E-state index is 13.7. The van der Waals surface area contributed by atoms with Crippen LogP contribution in [0.5, 0.6) is 11.5 Å². The molecule has 0 unspecified atom stereocenters. The molecule has 3 aliphatic heterocycles. The maximum Gasteiger partial charge on any atom is 0.338 e. The molecule has 1 saturated heterocycles. The molecule has 0 aliphatic carbocycles. The van der Waals surface area contributed by atoms with Crippen LogP contribution < -0.4 is 14.8 Å². The third kappa shape index (κ3) is 5.73. The largest absolute Gasteiger partial charge is 0.497 e. The van der Waals surface area contributed by atoms with E-state index in [-0.39, 0.29) is 25.0 Å². The summed E-state index contributed by atoms with van der Waals surface area (Å²) in [7, 11) is 3.17. The first-order valence-corrected chi connectivity index (χ1v) is 14.2. The molecule has 3 heterocycles. The molecule has 10 heteroatoms. The number of aliphatic imine (C=N–C) groups is 1. The van der Waals surface area contributed by atoms with E-state index in [2.05, 4.69) is 5.32 Å². The fourth-order valence-electron chi connectivity index (χ4n) is 5.09. The Morgan fingerprint density at radius 2 is 1.98 bits per heavy atom. The molecule has 0 spiro atoms. The van der Waals surface area contributed by atoms with Crippen LogP contribution >= 0.6 is 11.8 Å². The minimum Gasteiger partial charge on any atom is -0.497 e. The van der Waals surface area contributed by atoms with E-state index in [1.807, 2.05) is 52.8 Å². The lowest BCUT2D eigenvalue weighted by atomic mass is 9.90. The number of benzene rings is 2. The molecular formula is C30H33N3O6S. The number of hydrogen-bond acceptors (Lipinski definition) is 9. The zero-order valence-corrected chi connectivity index (χ0v) is 23.7. The van der Waals surface area contributed by atoms with Crippen LogP contribution in [-0.2, 0) is 19.1 Å². The average molecular weight is 564 g/mol. The van der Waals surface area contributed by atoms with Crippen molar-refractivity contribution in [2.45, 2.75) is 38.3 Å². The highest BCUT2D eigenvalue weighted by Gasteiger charge is 2.43. The van der Waals surface area contributed by atoms with E-state index >= 15 is 0 Å². The highest BCUT2D eigenvalue weighted by Crippen LogP contribution is 2.49. The Balaban J connectivity index is 1.58. The van der Waals surface area contributed by atoms with Gasteiger partial charge in [0.15, 0.2) is 5.17 Å². The van der Waals surface area contributed by atoms with Gasteiger partial charge in [0, 0.05) is 36.0 Å². The molecule has 40 heavy (non-hydrogen) atoms. The Hall–Kier alpha value is -3.76. The first-order valence-electron chi connectivity index (χ1n) is 13.3. The quantitative estimate of drug-likeness (QED) is 0.417. The van der Waals surface area contributed by atoms with Gasteiger partial charge in [0.1, 0.15) is 11.5 Å². The Bertz CT molecular complexity index is 1350. The van der Waals surface area contributed by atoms with Crippen LogP contribution in [0.15, 0.2) is 70.2 Å². The van der Waals surface area contributed by atoms with E-state index in [0.29, 0.717) is 34.5 Å². The first kappa shape index (κ1) is 27.8. The van der Waals surface area contributed by atoms with Crippen molar-refractivity contribution in [3.8, 4) is 11.5 Å². The van der Waals surface area contributed by atoms with Gasteiger partial charge in [0.05, 0.1) is 50.7 Å². The Morgan fingerprint density at radius 1 is 1.15 bits per heavy atom. The van der Waals surface area contributed by atoms with E-state index in [1.54, 1.807) is 27.2 Å². The molecule has 0 radical (unpaired) electrons. The number of rotatable bonds is 10. The number of amidine groups is 1. The van der Waals surface area contributed by atoms with E-state index in [9.17, 15) is 9.59 Å². The van der Waals surface area contributed by atoms with Crippen molar-refractivity contribution >= 4 is 34.5 Å². The van der Waals surface area contributed by atoms with Crippen molar-refractivity contribution in [1.82, 2.24) is 10.2 Å². The molecule has 2 aromatic carbocycles. The number of amides is 1. The fraction of sp³-hybridized carbons (Fsp3) is 0.367. The summed E-state index contributed by atoms with van der Waals surface area (Å²) >= 11 is 1.42. The molecule has 1 N–H and O–H groups in total. The number of ether oxygens (including phenoxy) is 4. The summed E-state index contributed by atoms with van der Waals surface area (Å²) in [5, 5.41) is 5.59. The molecule has 5 rings (SSSR count). The molecule has 9 nitrogen and oxygen atoms in total. The summed E-state index contributed by atoms with van der Waals surface area (Å²) in [6, 6.07) is 14.4. The predicted octanol–water partition coefficient (Wildman–Crippen LogP) is 4.66. The molecule has 0 saturated carbocycles.